The first-order valence-electron chi connectivity index (χ1n) is 46.5. The summed E-state index contributed by atoms with van der Waals surface area (Å²) in [6, 6.07) is 61.0. The number of allylic oxidation sites excluding steroid dienone is 14. The maximum Gasteiger partial charge on any atom is 0.373 e. The molecule has 1 aromatic heterocycles. The molecule has 0 saturated carbocycles. The van der Waals surface area contributed by atoms with E-state index in [9.17, 15) is 0 Å². The predicted molar refractivity (Wildman–Crippen MR) is 537 cm³/mol. The maximum absolute atomic E-state index is 6.16. The summed E-state index contributed by atoms with van der Waals surface area (Å²) in [4.78, 5) is 9.60. The second-order valence-corrected chi connectivity index (χ2v) is 38.7. The lowest BCUT2D eigenvalue weighted by Crippen LogP contribution is -2.29. The molecule has 9 aromatic carbocycles. The summed E-state index contributed by atoms with van der Waals surface area (Å²) in [5.41, 5.74) is 32.7. The van der Waals surface area contributed by atoms with Crippen molar-refractivity contribution in [1.82, 2.24) is 0 Å². The Labute approximate surface area is 759 Å². The zero-order valence-electron chi connectivity index (χ0n) is 81.1. The lowest BCUT2D eigenvalue weighted by Gasteiger charge is -2.27. The molecule has 0 radical (unpaired) electrons. The van der Waals surface area contributed by atoms with E-state index in [0.29, 0.717) is 0 Å². The van der Waals surface area contributed by atoms with Crippen molar-refractivity contribution in [3.63, 3.8) is 0 Å². The van der Waals surface area contributed by atoms with Gasteiger partial charge in [-0.15, -0.1) is 0 Å². The molecule has 17 rings (SSSR count). The predicted octanol–water partition coefficient (Wildman–Crippen LogP) is 27.0. The molecule has 0 unspecified atom stereocenters. The van der Waals surface area contributed by atoms with Gasteiger partial charge in [0.05, 0.1) is 42.2 Å². The molecule has 7 aliphatic rings. The molecule has 0 spiro atoms. The van der Waals surface area contributed by atoms with E-state index >= 15 is 0 Å². The first-order valence-corrected chi connectivity index (χ1v) is 46.5. The highest BCUT2D eigenvalue weighted by atomic mass is 16.5. The van der Waals surface area contributed by atoms with Crippen LogP contribution in [0.4, 0.5) is 39.8 Å². The van der Waals surface area contributed by atoms with Crippen LogP contribution >= 0.6 is 0 Å². The molecule has 0 amide bonds. The van der Waals surface area contributed by atoms with E-state index in [1.165, 1.54) is 168 Å². The lowest BCUT2D eigenvalue weighted by molar-refractivity contribution is -0.652. The molecular formula is C115H140N8O4+4. The number of hydrogen-bond acceptors (Lipinski definition) is 8. The highest BCUT2D eigenvalue weighted by Crippen LogP contribution is 2.53. The molecule has 660 valence electrons. The fourth-order valence-electron chi connectivity index (χ4n) is 20.4. The van der Waals surface area contributed by atoms with E-state index in [1.54, 1.807) is 14.2 Å². The number of fused-ring (bicyclic) bond motifs is 10. The number of hydrogen-bond donors (Lipinski definition) is 0. The van der Waals surface area contributed by atoms with Crippen LogP contribution in [0.3, 0.4) is 0 Å². The van der Waals surface area contributed by atoms with Crippen LogP contribution in [0.2, 0.25) is 0 Å². The number of likely N-dealkylation sites (N-methyl/N-ethyl adjacent to an activating group) is 1. The van der Waals surface area contributed by atoms with Gasteiger partial charge in [-0.2, -0.15) is 18.3 Å². The van der Waals surface area contributed by atoms with E-state index in [0.717, 1.165) is 83.9 Å². The van der Waals surface area contributed by atoms with Crippen molar-refractivity contribution in [3.05, 3.63) is 321 Å². The Morgan fingerprint density at radius 2 is 0.827 bits per heavy atom. The fraction of sp³-hybridized carbons (Fsp3) is 0.374. The second kappa shape index (κ2) is 36.9. The van der Waals surface area contributed by atoms with Gasteiger partial charge in [0.2, 0.25) is 22.6 Å². The van der Waals surface area contributed by atoms with E-state index in [2.05, 4.69) is 374 Å². The molecule has 12 heteroatoms. The molecule has 0 atom stereocenters. The third-order valence-electron chi connectivity index (χ3n) is 27.9. The quantitative estimate of drug-likeness (QED) is 0.0660. The molecule has 0 N–H and O–H groups in total. The Bertz CT molecular complexity index is 6240. The summed E-state index contributed by atoms with van der Waals surface area (Å²) in [6.45, 7) is 53.3. The highest BCUT2D eigenvalue weighted by molar-refractivity contribution is 6.05. The van der Waals surface area contributed by atoms with Gasteiger partial charge in [0.15, 0.2) is 28.8 Å². The van der Waals surface area contributed by atoms with Gasteiger partial charge in [-0.3, -0.25) is 0 Å². The lowest BCUT2D eigenvalue weighted by atomic mass is 9.80. The van der Waals surface area contributed by atoms with Gasteiger partial charge in [0.1, 0.15) is 38.7 Å². The molecule has 127 heavy (non-hydrogen) atoms. The number of oxazole rings is 1. The molecule has 0 aliphatic carbocycles. The van der Waals surface area contributed by atoms with Crippen LogP contribution in [0.1, 0.15) is 218 Å². The molecule has 0 saturated heterocycles. The number of para-hydroxylation sites is 2. The van der Waals surface area contributed by atoms with Crippen molar-refractivity contribution in [2.24, 2.45) is 7.05 Å². The minimum atomic E-state index is -0.0964. The van der Waals surface area contributed by atoms with Gasteiger partial charge in [-0.25, -0.2) is 0 Å². The number of benzene rings is 9. The monoisotopic (exact) mass is 1700 g/mol. The topological polar surface area (TPSA) is 66.7 Å². The summed E-state index contributed by atoms with van der Waals surface area (Å²) < 4.78 is 32.5. The van der Waals surface area contributed by atoms with Crippen LogP contribution < -0.4 is 38.4 Å². The van der Waals surface area contributed by atoms with Gasteiger partial charge in [0, 0.05) is 148 Å². The Morgan fingerprint density at radius 3 is 1.38 bits per heavy atom. The van der Waals surface area contributed by atoms with Crippen LogP contribution in [0, 0.1) is 27.7 Å². The van der Waals surface area contributed by atoms with Crippen molar-refractivity contribution in [1.29, 1.82) is 0 Å². The Kier molecular flexibility index (Phi) is 26.6. The normalized spacial score (nSPS) is 18.6. The third kappa shape index (κ3) is 17.2. The fourth-order valence-corrected chi connectivity index (χ4v) is 20.4. The van der Waals surface area contributed by atoms with E-state index < -0.39 is 0 Å². The zero-order chi connectivity index (χ0) is 91.0. The average Bonchev–Trinajstić information content (AvgIpc) is 1.60. The minimum absolute atomic E-state index is 0.00126. The molecular weight excluding hydrogens is 1560 g/mol. The summed E-state index contributed by atoms with van der Waals surface area (Å²) in [5.74, 6) is 4.30. The number of ether oxygens (including phenoxy) is 3. The van der Waals surface area contributed by atoms with Crippen LogP contribution in [-0.2, 0) is 39.5 Å². The van der Waals surface area contributed by atoms with Crippen LogP contribution in [0.5, 0.6) is 17.2 Å². The van der Waals surface area contributed by atoms with Crippen molar-refractivity contribution in [3.8, 4) is 17.2 Å². The van der Waals surface area contributed by atoms with Gasteiger partial charge >= 0.3 is 5.89 Å². The summed E-state index contributed by atoms with van der Waals surface area (Å²) >= 11 is 0. The Morgan fingerprint density at radius 1 is 0.402 bits per heavy atom. The van der Waals surface area contributed by atoms with Gasteiger partial charge < -0.3 is 38.2 Å². The zero-order valence-corrected chi connectivity index (χ0v) is 81.1. The molecule has 7 aliphatic heterocycles. The van der Waals surface area contributed by atoms with Crippen molar-refractivity contribution in [2.75, 3.05) is 80.6 Å². The van der Waals surface area contributed by atoms with Crippen LogP contribution in [-0.4, -0.2) is 91.9 Å². The highest BCUT2D eigenvalue weighted by Gasteiger charge is 2.49. The number of aryl methyl sites for hydroxylation is 5. The molecule has 12 nitrogen and oxygen atoms in total. The van der Waals surface area contributed by atoms with Crippen LogP contribution in [0.15, 0.2) is 264 Å². The van der Waals surface area contributed by atoms with Gasteiger partial charge in [-0.05, 0) is 215 Å². The van der Waals surface area contributed by atoms with E-state index in [1.807, 2.05) is 73.3 Å². The molecule has 0 fully saturated rings. The van der Waals surface area contributed by atoms with E-state index in [4.69, 9.17) is 18.6 Å². The third-order valence-corrected chi connectivity index (χ3v) is 27.9. The first-order chi connectivity index (χ1) is 60.6. The smallest absolute Gasteiger partial charge is 0.373 e. The molecule has 10 aromatic rings. The Balaban J connectivity index is 0.000000138. The number of anilines is 4. The molecule has 8 heterocycles. The largest absolute Gasteiger partial charge is 0.497 e. The number of nitrogens with zero attached hydrogens (tertiary/aromatic N) is 8. The standard InChI is InChI=1S/C33H45N2.C30H39N2.C29H37N2O2.C23H19N2O2/c1-9-11-20-34-28-18-16-24(3)22-26(28)32(5,6)30(34)14-13-15-31-33(7,8)27-23-25(4)17-19-29(27)35(31)21-12-10-2;1-9-10-18-32-26-17-15-22(3)20-24(26)30(6,7)28(32)13-11-12-27-29(4,5)23-19-21(2)14-16-25(23)31(27)8;1-9-30-24-16-14-20(32-7)18-22(24)28(3,4)26(30)12-11-13-27-29(5,6)23-19-21(33-8)15-17-25(23)31(27)10-2;1-24-18-10-5-6-11-20(18)26-21(24)12-7-13-22-25(2)19-15-14-16-8-3-4-9-17(16)23(19)27-22/h13-19,22-23H,9-12,20-21H2,1-8H3;11-17,19-20H,9-10,18H2,1-8H3;11-19H,9-10H2,1-8H3;3-15H,1-2H3/q4*+1. The summed E-state index contributed by atoms with van der Waals surface area (Å²) in [7, 11) is 9.67. The summed E-state index contributed by atoms with van der Waals surface area (Å²) in [6.07, 6.45) is 34.0. The number of methoxy groups -OCH3 is 2. The van der Waals surface area contributed by atoms with E-state index in [-0.39, 0.29) is 32.5 Å². The summed E-state index contributed by atoms with van der Waals surface area (Å²) in [5, 5.41) is 2.30. The van der Waals surface area contributed by atoms with Crippen molar-refractivity contribution >= 4 is 84.9 Å². The molecule has 0 bridgehead atoms. The Hall–Kier alpha value is -11.8. The van der Waals surface area contributed by atoms with Gasteiger partial charge in [-0.1, -0.05) is 201 Å². The number of rotatable bonds is 21. The average molecular weight is 1700 g/mol. The number of unbranched alkanes of at least 4 members (excludes halogenated alkanes) is 3. The number of aromatic nitrogens is 1. The first kappa shape index (κ1) is 91.5. The minimum Gasteiger partial charge on any atom is -0.497 e. The van der Waals surface area contributed by atoms with Crippen LogP contribution in [0.25, 0.3) is 27.9 Å². The van der Waals surface area contributed by atoms with Gasteiger partial charge in [0.25, 0.3) is 5.52 Å². The second-order valence-electron chi connectivity index (χ2n) is 38.7. The van der Waals surface area contributed by atoms with Crippen molar-refractivity contribution < 1.29 is 36.9 Å². The SMILES string of the molecule is CCCCN1/C(=C\C=C\C2=[N+](C)c3ccc(C)cc3C2(C)C)C(C)(C)c2cc(C)ccc21.CCCCN1/C(=C\C=C\C2=[N+](CCCC)c3ccc(C)cc3C2(C)C)C(C)(C)c2cc(C)ccc21.CCN1/C(=C\C=C\C2=[N+](CC)c3ccc(OC)cc3C2(C)C)C(C)(C)c2cc(OC)ccc21.CN1C(=CC=Cc2oc3ccccc3[n+]2C)Oc2c1ccc1ccccc21. The maximum atomic E-state index is 6.16. The van der Waals surface area contributed by atoms with Crippen molar-refractivity contribution in [2.45, 2.75) is 216 Å².